The van der Waals surface area contributed by atoms with Crippen LogP contribution in [0, 0.1) is 5.41 Å². The summed E-state index contributed by atoms with van der Waals surface area (Å²) in [5.41, 5.74) is 7.04. The van der Waals surface area contributed by atoms with Gasteiger partial charge in [-0.1, -0.05) is 99.2 Å². The van der Waals surface area contributed by atoms with Crippen LogP contribution in [0.5, 0.6) is 0 Å². The molecule has 1 aliphatic carbocycles. The van der Waals surface area contributed by atoms with Crippen molar-refractivity contribution >= 4 is 10.0 Å². The maximum atomic E-state index is 13.1. The van der Waals surface area contributed by atoms with Gasteiger partial charge in [-0.15, -0.1) is 0 Å². The molecule has 5 rings (SSSR count). The molecule has 3 aromatic carbocycles. The quantitative estimate of drug-likeness (QED) is 0.183. The molecule has 0 radical (unpaired) electrons. The smallest absolute Gasteiger partial charge is 0.279 e. The van der Waals surface area contributed by atoms with Gasteiger partial charge in [0.15, 0.2) is 0 Å². The molecule has 1 aliphatic rings. The summed E-state index contributed by atoms with van der Waals surface area (Å²) in [6, 6.07) is 24.8. The van der Waals surface area contributed by atoms with Crippen LogP contribution < -0.4 is 10.4 Å². The minimum Gasteiger partial charge on any atom is -0.279 e. The van der Waals surface area contributed by atoms with Crippen LogP contribution >= 0.6 is 0 Å². The number of nitrogens with zero attached hydrogens (tertiary/aromatic N) is 3. The van der Waals surface area contributed by atoms with E-state index in [1.807, 2.05) is 31.2 Å². The summed E-state index contributed by atoms with van der Waals surface area (Å²) in [5, 5.41) is 4.76. The van der Waals surface area contributed by atoms with Gasteiger partial charge in [0.2, 0.25) is 10.0 Å². The molecule has 0 fully saturated rings. The molecular formula is C37H44N4O3S. The number of aromatic nitrogens is 3. The third kappa shape index (κ3) is 8.18. The molecule has 1 heterocycles. The van der Waals surface area contributed by atoms with Gasteiger partial charge in [0.1, 0.15) is 5.82 Å². The van der Waals surface area contributed by atoms with Crippen molar-refractivity contribution in [1.29, 1.82) is 0 Å². The van der Waals surface area contributed by atoms with Crippen molar-refractivity contribution in [3.63, 3.8) is 0 Å². The molecule has 8 heteroatoms. The molecule has 0 unspecified atom stereocenters. The fraction of sp³-hybridized carbons (Fsp3) is 0.351. The summed E-state index contributed by atoms with van der Waals surface area (Å²) in [6.45, 7) is 10.1. The molecule has 0 bridgehead atoms. The van der Waals surface area contributed by atoms with Gasteiger partial charge in [-0.3, -0.25) is 4.57 Å². The van der Waals surface area contributed by atoms with Crippen LogP contribution in [0.15, 0.2) is 112 Å². The first-order chi connectivity index (χ1) is 21.5. The lowest BCUT2D eigenvalue weighted by Gasteiger charge is -2.25. The van der Waals surface area contributed by atoms with Gasteiger partial charge in [0.05, 0.1) is 11.4 Å². The molecule has 4 aromatic rings. The third-order valence-electron chi connectivity index (χ3n) is 8.44. The molecule has 236 valence electrons. The normalized spacial score (nSPS) is 13.9. The number of rotatable bonds is 12. The van der Waals surface area contributed by atoms with Crippen molar-refractivity contribution in [2.24, 2.45) is 5.41 Å². The van der Waals surface area contributed by atoms with Crippen molar-refractivity contribution in [3.05, 3.63) is 130 Å². The van der Waals surface area contributed by atoms with E-state index in [9.17, 15) is 13.2 Å². The molecular weight excluding hydrogens is 580 g/mol. The fourth-order valence-corrected chi connectivity index (χ4v) is 6.84. The Morgan fingerprint density at radius 3 is 2.18 bits per heavy atom. The van der Waals surface area contributed by atoms with E-state index in [2.05, 4.69) is 61.9 Å². The Hall–Kier alpha value is -4.01. The highest BCUT2D eigenvalue weighted by atomic mass is 32.2. The van der Waals surface area contributed by atoms with E-state index in [-0.39, 0.29) is 22.5 Å². The fourth-order valence-electron chi connectivity index (χ4n) is 5.80. The summed E-state index contributed by atoms with van der Waals surface area (Å²) in [7, 11) is -3.58. The van der Waals surface area contributed by atoms with Gasteiger partial charge in [-0.05, 0) is 84.0 Å². The Bertz CT molecular complexity index is 1860. The van der Waals surface area contributed by atoms with Crippen LogP contribution in [-0.4, -0.2) is 22.8 Å². The van der Waals surface area contributed by atoms with Crippen molar-refractivity contribution in [1.82, 2.24) is 19.1 Å². The summed E-state index contributed by atoms with van der Waals surface area (Å²) < 4.78 is 31.5. The second-order valence-corrected chi connectivity index (χ2v) is 14.5. The van der Waals surface area contributed by atoms with Crippen molar-refractivity contribution in [3.8, 4) is 11.1 Å². The average molecular weight is 625 g/mol. The summed E-state index contributed by atoms with van der Waals surface area (Å²) in [5.74, 6) is 0.839. The molecule has 7 nitrogen and oxygen atoms in total. The number of hydrogen-bond acceptors (Lipinski definition) is 4. The predicted octanol–water partition coefficient (Wildman–Crippen LogP) is 7.08. The minimum absolute atomic E-state index is 0.0352. The predicted molar refractivity (Wildman–Crippen MR) is 181 cm³/mol. The molecule has 0 spiro atoms. The van der Waals surface area contributed by atoms with E-state index in [0.29, 0.717) is 13.1 Å². The molecule has 0 saturated heterocycles. The molecule has 0 atom stereocenters. The maximum absolute atomic E-state index is 13.1. The van der Waals surface area contributed by atoms with E-state index in [1.54, 1.807) is 39.6 Å². The van der Waals surface area contributed by atoms with E-state index in [0.717, 1.165) is 54.6 Å². The highest BCUT2D eigenvalue weighted by molar-refractivity contribution is 7.89. The molecule has 1 aromatic heterocycles. The van der Waals surface area contributed by atoms with Gasteiger partial charge in [-0.25, -0.2) is 22.6 Å². The van der Waals surface area contributed by atoms with Crippen LogP contribution in [-0.2, 0) is 42.5 Å². The molecule has 45 heavy (non-hydrogen) atoms. The number of allylic oxidation sites excluding steroid dienone is 4. The number of hydrogen-bond donors (Lipinski definition) is 1. The van der Waals surface area contributed by atoms with Gasteiger partial charge in [-0.2, -0.15) is 5.10 Å². The molecule has 0 amide bonds. The second kappa shape index (κ2) is 14.0. The molecule has 0 saturated carbocycles. The van der Waals surface area contributed by atoms with Crippen LogP contribution in [0.3, 0.4) is 0 Å². The zero-order valence-corrected chi connectivity index (χ0v) is 27.6. The average Bonchev–Trinajstić information content (AvgIpc) is 3.33. The largest absolute Gasteiger partial charge is 0.346 e. The zero-order chi connectivity index (χ0) is 32.0. The van der Waals surface area contributed by atoms with E-state index in [4.69, 9.17) is 5.10 Å². The van der Waals surface area contributed by atoms with Gasteiger partial charge >= 0.3 is 5.69 Å². The summed E-state index contributed by atoms with van der Waals surface area (Å²) >= 11 is 0. The Morgan fingerprint density at radius 1 is 0.844 bits per heavy atom. The maximum Gasteiger partial charge on any atom is 0.346 e. The first-order valence-corrected chi connectivity index (χ1v) is 17.3. The van der Waals surface area contributed by atoms with Gasteiger partial charge in [0, 0.05) is 19.5 Å². The minimum atomic E-state index is -3.58. The summed E-state index contributed by atoms with van der Waals surface area (Å²) in [4.78, 5) is 13.4. The van der Waals surface area contributed by atoms with Crippen molar-refractivity contribution < 1.29 is 8.42 Å². The highest BCUT2D eigenvalue weighted by Gasteiger charge is 2.20. The van der Waals surface area contributed by atoms with Crippen molar-refractivity contribution in [2.45, 2.75) is 84.3 Å². The lowest BCUT2D eigenvalue weighted by Crippen LogP contribution is -2.26. The van der Waals surface area contributed by atoms with Gasteiger partial charge < -0.3 is 0 Å². The van der Waals surface area contributed by atoms with Crippen LogP contribution in [0.4, 0.5) is 0 Å². The molecule has 1 N–H and O–H groups in total. The number of nitrogens with one attached hydrogen (secondary N) is 1. The number of aryl methyl sites for hydroxylation is 2. The van der Waals surface area contributed by atoms with Crippen LogP contribution in [0.25, 0.3) is 11.1 Å². The Balaban J connectivity index is 1.21. The zero-order valence-electron chi connectivity index (χ0n) is 26.8. The van der Waals surface area contributed by atoms with Crippen molar-refractivity contribution in [2.75, 3.05) is 0 Å². The topological polar surface area (TPSA) is 86.0 Å². The van der Waals surface area contributed by atoms with Gasteiger partial charge in [0.25, 0.3) is 0 Å². The number of benzene rings is 3. The van der Waals surface area contributed by atoms with Crippen LogP contribution in [0.2, 0.25) is 0 Å². The van der Waals surface area contributed by atoms with E-state index >= 15 is 0 Å². The Morgan fingerprint density at radius 2 is 1.53 bits per heavy atom. The summed E-state index contributed by atoms with van der Waals surface area (Å²) in [6.07, 6.45) is 8.85. The second-order valence-electron chi connectivity index (χ2n) is 12.8. The Kier molecular flexibility index (Phi) is 10.0. The standard InChI is InChI=1S/C37H44N4O3S/c1-5-40-35(39-41(36(40)42)27-29-20-22-33(23-21-29)37(2,3)4)19-11-13-28-12-9-15-31(24-28)32-16-10-14-30(25-32)26-38-45(43,44)34-17-7-6-8-18-34/h6-10,12,14-18,20,22,24-25,38H,5,11,13,19,21,23,26-27H2,1-4H3. The Labute approximate surface area is 267 Å². The molecule has 0 aliphatic heterocycles. The van der Waals surface area contributed by atoms with Crippen LogP contribution in [0.1, 0.15) is 63.9 Å². The lowest BCUT2D eigenvalue weighted by atomic mass is 9.80. The van der Waals surface area contributed by atoms with E-state index in [1.165, 1.54) is 16.7 Å². The highest BCUT2D eigenvalue weighted by Crippen LogP contribution is 2.33. The first-order valence-electron chi connectivity index (χ1n) is 15.8. The number of sulfonamides is 1. The monoisotopic (exact) mass is 624 g/mol. The lowest BCUT2D eigenvalue weighted by molar-refractivity contribution is 0.475. The first kappa shape index (κ1) is 32.4. The third-order valence-corrected chi connectivity index (χ3v) is 9.86. The van der Waals surface area contributed by atoms with E-state index < -0.39 is 10.0 Å². The SMILES string of the molecule is CCn1c(CCCc2cccc(-c3cccc(CNS(=O)(=O)c4ccccc4)c3)c2)nn(CC2=CC=C(C(C)(C)C)CC2)c1=O.